The van der Waals surface area contributed by atoms with Crippen LogP contribution in [0.1, 0.15) is 27.8 Å². The molecule has 5 aliphatic rings. The fourth-order valence-electron chi connectivity index (χ4n) is 7.64. The van der Waals surface area contributed by atoms with Gasteiger partial charge < -0.3 is 0 Å². The molecule has 10 rings (SSSR count). The molecule has 0 saturated heterocycles. The number of hydrogen-bond donors (Lipinski definition) is 0. The van der Waals surface area contributed by atoms with Gasteiger partial charge in [0.2, 0.25) is 0 Å². The number of benzene rings is 5. The lowest BCUT2D eigenvalue weighted by molar-refractivity contribution is 1.41. The third-order valence-electron chi connectivity index (χ3n) is 10.0. The van der Waals surface area contributed by atoms with Crippen molar-refractivity contribution in [2.75, 3.05) is 0 Å². The average Bonchev–Trinajstić information content (AvgIpc) is 4.03. The van der Waals surface area contributed by atoms with Gasteiger partial charge in [-0.3, -0.25) is 0 Å². The van der Waals surface area contributed by atoms with E-state index >= 15 is 0 Å². The summed E-state index contributed by atoms with van der Waals surface area (Å²) < 4.78 is 1.01. The van der Waals surface area contributed by atoms with E-state index in [-0.39, 0.29) is 0 Å². The van der Waals surface area contributed by atoms with Crippen LogP contribution in [0.5, 0.6) is 0 Å². The minimum absolute atomic E-state index is 0.824. The maximum absolute atomic E-state index is 5.67. The monoisotopic (exact) mass is 766 g/mol. The Labute approximate surface area is 328 Å². The first-order valence-corrected chi connectivity index (χ1v) is 19.0. The number of aliphatic imine (C=N–C) groups is 4. The smallest absolute Gasteiger partial charge is 0.0822 e. The molecule has 55 heavy (non-hydrogen) atoms. The maximum Gasteiger partial charge on any atom is 0.0822 e. The summed E-state index contributed by atoms with van der Waals surface area (Å²) >= 11 is 3.68. The zero-order valence-electron chi connectivity index (χ0n) is 29.6. The van der Waals surface area contributed by atoms with E-state index in [0.717, 1.165) is 106 Å². The van der Waals surface area contributed by atoms with Gasteiger partial charge in [0.15, 0.2) is 0 Å². The molecule has 5 heterocycles. The van der Waals surface area contributed by atoms with Crippen molar-refractivity contribution < 1.29 is 0 Å². The molecule has 5 aromatic carbocycles. The number of halogens is 1. The molecule has 5 heteroatoms. The van der Waals surface area contributed by atoms with Crippen LogP contribution in [0.15, 0.2) is 235 Å². The second-order valence-corrected chi connectivity index (χ2v) is 14.5. The van der Waals surface area contributed by atoms with E-state index in [4.69, 9.17) is 20.0 Å². The Bertz CT molecular complexity index is 2790. The highest BCUT2D eigenvalue weighted by atomic mass is 79.9. The van der Waals surface area contributed by atoms with Crippen molar-refractivity contribution in [2.24, 2.45) is 20.0 Å². The molecule has 8 bridgehead atoms. The summed E-state index contributed by atoms with van der Waals surface area (Å²) in [5.41, 5.74) is 17.1. The molecule has 0 aliphatic carbocycles. The lowest BCUT2D eigenvalue weighted by Crippen LogP contribution is -2.07. The molecule has 0 radical (unpaired) electrons. The number of allylic oxidation sites excluding steroid dienone is 12. The molecule has 0 aromatic heterocycles. The van der Waals surface area contributed by atoms with Crippen LogP contribution in [0.3, 0.4) is 0 Å². The Kier molecular flexibility index (Phi) is 8.27. The molecule has 0 N–H and O–H groups in total. The molecule has 5 aliphatic heterocycles. The van der Waals surface area contributed by atoms with Crippen molar-refractivity contribution >= 4 is 66.6 Å². The summed E-state index contributed by atoms with van der Waals surface area (Å²) in [6.07, 6.45) is 14.4. The zero-order chi connectivity index (χ0) is 36.7. The van der Waals surface area contributed by atoms with Gasteiger partial charge in [0, 0.05) is 32.3 Å². The van der Waals surface area contributed by atoms with Crippen LogP contribution in [-0.2, 0) is 0 Å². The Balaban J connectivity index is 1.39. The molecule has 4 nitrogen and oxygen atoms in total. The summed E-state index contributed by atoms with van der Waals surface area (Å²) in [6, 6.07) is 50.8. The van der Waals surface area contributed by atoms with Gasteiger partial charge in [0.25, 0.3) is 0 Å². The Morgan fingerprint density at radius 1 is 0.345 bits per heavy atom. The number of fused-ring (bicyclic) bond motifs is 4. The van der Waals surface area contributed by atoms with E-state index in [1.54, 1.807) is 0 Å². The largest absolute Gasteiger partial charge is 0.249 e. The van der Waals surface area contributed by atoms with Gasteiger partial charge in [-0.2, -0.15) is 0 Å². The SMILES string of the molecule is Brc1ccc(C2=C(c3ccccc3)C3=NC2=CC2=NC(=CC4=NC(=CC5=NC(=C3c3ccccc3)C(c3ccccc3)=C5c3ccccc3)C=C4)C=C2)cc1. The van der Waals surface area contributed by atoms with E-state index in [0.29, 0.717) is 0 Å². The van der Waals surface area contributed by atoms with Gasteiger partial charge in [0.1, 0.15) is 0 Å². The molecule has 5 aromatic rings. The standard InChI is InChI=1S/C50H31BrN4/c51-37-23-21-36(22-24-37)45-43-31-41-28-26-39(53-41)29-38-25-27-40(52-38)30-42-44(32-13-5-1-6-14-32)46(33-15-7-2-8-16-33)49(54-42)48(35-19-11-4-12-20-35)50(55-43)47(45)34-17-9-3-10-18-34/h1-31H. The highest BCUT2D eigenvalue weighted by Gasteiger charge is 2.35. The summed E-state index contributed by atoms with van der Waals surface area (Å²) in [7, 11) is 0. The van der Waals surface area contributed by atoms with Gasteiger partial charge in [-0.1, -0.05) is 149 Å². The van der Waals surface area contributed by atoms with Gasteiger partial charge in [-0.15, -0.1) is 0 Å². The summed E-state index contributed by atoms with van der Waals surface area (Å²) in [5, 5.41) is 0. The summed E-state index contributed by atoms with van der Waals surface area (Å²) in [4.78, 5) is 21.4. The Morgan fingerprint density at radius 2 is 0.818 bits per heavy atom. The predicted octanol–water partition coefficient (Wildman–Crippen LogP) is 12.0. The Hall–Kier alpha value is -6.82. The topological polar surface area (TPSA) is 49.4 Å². The lowest BCUT2D eigenvalue weighted by Gasteiger charge is -2.18. The minimum atomic E-state index is 0.824. The molecular formula is C50H31BrN4. The average molecular weight is 768 g/mol. The van der Waals surface area contributed by atoms with E-state index in [1.165, 1.54) is 0 Å². The van der Waals surface area contributed by atoms with Gasteiger partial charge in [-0.05, 0) is 82.5 Å². The minimum Gasteiger partial charge on any atom is -0.249 e. The van der Waals surface area contributed by atoms with Crippen molar-refractivity contribution in [3.63, 3.8) is 0 Å². The van der Waals surface area contributed by atoms with Crippen LogP contribution in [-0.4, -0.2) is 22.8 Å². The fourth-order valence-corrected chi connectivity index (χ4v) is 7.90. The van der Waals surface area contributed by atoms with Crippen LogP contribution in [0.4, 0.5) is 0 Å². The fraction of sp³-hybridized carbons (Fsp3) is 0. The van der Waals surface area contributed by atoms with Crippen LogP contribution >= 0.6 is 15.9 Å². The molecule has 0 saturated carbocycles. The van der Waals surface area contributed by atoms with Crippen molar-refractivity contribution in [1.82, 2.24) is 0 Å². The third kappa shape index (κ3) is 6.15. The van der Waals surface area contributed by atoms with Gasteiger partial charge in [-0.25, -0.2) is 20.0 Å². The first kappa shape index (κ1) is 32.8. The van der Waals surface area contributed by atoms with Crippen molar-refractivity contribution in [3.05, 3.63) is 243 Å². The highest BCUT2D eigenvalue weighted by Crippen LogP contribution is 2.49. The summed E-state index contributed by atoms with van der Waals surface area (Å²) in [6.45, 7) is 0. The van der Waals surface area contributed by atoms with Crippen LogP contribution < -0.4 is 0 Å². The Morgan fingerprint density at radius 3 is 1.40 bits per heavy atom. The van der Waals surface area contributed by atoms with Gasteiger partial charge in [0.05, 0.1) is 45.6 Å². The van der Waals surface area contributed by atoms with E-state index < -0.39 is 0 Å². The maximum atomic E-state index is 5.67. The van der Waals surface area contributed by atoms with E-state index in [9.17, 15) is 0 Å². The number of hydrogen-bond acceptors (Lipinski definition) is 4. The number of nitrogens with zero attached hydrogens (tertiary/aromatic N) is 4. The first-order valence-electron chi connectivity index (χ1n) is 18.2. The lowest BCUT2D eigenvalue weighted by atomic mass is 9.84. The molecule has 0 amide bonds. The normalized spacial score (nSPS) is 17.2. The van der Waals surface area contributed by atoms with Crippen LogP contribution in [0.2, 0.25) is 0 Å². The van der Waals surface area contributed by atoms with Crippen molar-refractivity contribution in [1.29, 1.82) is 0 Å². The number of rotatable bonds is 5. The molecule has 0 atom stereocenters. The molecule has 0 fully saturated rings. The van der Waals surface area contributed by atoms with Crippen molar-refractivity contribution in [3.8, 4) is 0 Å². The van der Waals surface area contributed by atoms with Gasteiger partial charge >= 0.3 is 0 Å². The molecule has 0 unspecified atom stereocenters. The van der Waals surface area contributed by atoms with E-state index in [2.05, 4.69) is 180 Å². The van der Waals surface area contributed by atoms with Crippen LogP contribution in [0, 0.1) is 0 Å². The van der Waals surface area contributed by atoms with E-state index in [1.807, 2.05) is 24.3 Å². The summed E-state index contributed by atoms with van der Waals surface area (Å²) in [5.74, 6) is 0. The quantitative estimate of drug-likeness (QED) is 0.171. The molecular weight excluding hydrogens is 736 g/mol. The second kappa shape index (κ2) is 13.9. The first-order chi connectivity index (χ1) is 27.2. The second-order valence-electron chi connectivity index (χ2n) is 13.6. The van der Waals surface area contributed by atoms with Crippen LogP contribution in [0.25, 0.3) is 27.9 Å². The third-order valence-corrected chi connectivity index (χ3v) is 10.6. The van der Waals surface area contributed by atoms with Crippen molar-refractivity contribution in [2.45, 2.75) is 0 Å². The highest BCUT2D eigenvalue weighted by molar-refractivity contribution is 9.10. The zero-order valence-corrected chi connectivity index (χ0v) is 31.2. The molecule has 258 valence electrons. The molecule has 0 spiro atoms. The predicted molar refractivity (Wildman–Crippen MR) is 233 cm³/mol.